The van der Waals surface area contributed by atoms with Gasteiger partial charge >= 0.3 is 0 Å². The second-order valence-corrected chi connectivity index (χ2v) is 7.54. The van der Waals surface area contributed by atoms with Gasteiger partial charge < -0.3 is 5.32 Å². The molecule has 0 aliphatic heterocycles. The van der Waals surface area contributed by atoms with Crippen LogP contribution in [0.25, 0.3) is 0 Å². The second-order valence-electron chi connectivity index (χ2n) is 7.11. The fraction of sp³-hybridized carbons (Fsp3) is 0.350. The molecule has 0 atom stereocenters. The summed E-state index contributed by atoms with van der Waals surface area (Å²) in [6, 6.07) is 14.1. The molecule has 0 bridgehead atoms. The highest BCUT2D eigenvalue weighted by Crippen LogP contribution is 2.47. The number of carbonyl (C=O) groups is 1. The lowest BCUT2D eigenvalue weighted by Gasteiger charge is -2.26. The van der Waals surface area contributed by atoms with Gasteiger partial charge in [-0.05, 0) is 62.1 Å². The summed E-state index contributed by atoms with van der Waals surface area (Å²) < 4.78 is 13.5. The molecular weight excluding hydrogens is 325 g/mol. The van der Waals surface area contributed by atoms with Gasteiger partial charge in [0.2, 0.25) is 5.91 Å². The molecule has 2 nitrogen and oxygen atoms in total. The zero-order chi connectivity index (χ0) is 17.4. The van der Waals surface area contributed by atoms with Crippen LogP contribution in [-0.4, -0.2) is 12.5 Å². The molecule has 0 heterocycles. The average molecular weight is 346 g/mol. The summed E-state index contributed by atoms with van der Waals surface area (Å²) in [6.45, 7) is 4.23. The first-order valence-electron chi connectivity index (χ1n) is 8.14. The van der Waals surface area contributed by atoms with Crippen molar-refractivity contribution in [2.45, 2.75) is 37.5 Å². The Morgan fingerprint density at radius 2 is 1.88 bits per heavy atom. The molecular formula is C20H21ClFNO. The molecule has 0 radical (unpaired) electrons. The highest BCUT2D eigenvalue weighted by Gasteiger charge is 2.45. The van der Waals surface area contributed by atoms with Crippen LogP contribution in [0.5, 0.6) is 0 Å². The maximum Gasteiger partial charge on any atom is 0.230 e. The molecule has 1 aliphatic rings. The largest absolute Gasteiger partial charge is 0.354 e. The summed E-state index contributed by atoms with van der Waals surface area (Å²) in [7, 11) is 0. The van der Waals surface area contributed by atoms with Crippen LogP contribution in [-0.2, 0) is 15.6 Å². The zero-order valence-corrected chi connectivity index (χ0v) is 14.7. The lowest BCUT2D eigenvalue weighted by atomic mass is 9.83. The minimum Gasteiger partial charge on any atom is -0.354 e. The number of rotatable bonds is 5. The molecule has 4 heteroatoms. The van der Waals surface area contributed by atoms with Crippen molar-refractivity contribution >= 4 is 17.5 Å². The fourth-order valence-corrected chi connectivity index (χ4v) is 3.13. The first-order chi connectivity index (χ1) is 11.3. The third-order valence-electron chi connectivity index (χ3n) is 5.01. The summed E-state index contributed by atoms with van der Waals surface area (Å²) in [5.74, 6) is -0.415. The van der Waals surface area contributed by atoms with Crippen LogP contribution in [0.4, 0.5) is 4.39 Å². The van der Waals surface area contributed by atoms with Gasteiger partial charge in [-0.1, -0.05) is 35.9 Å². The molecule has 0 saturated heterocycles. The van der Waals surface area contributed by atoms with E-state index in [1.807, 2.05) is 38.1 Å². The Morgan fingerprint density at radius 1 is 1.21 bits per heavy atom. The van der Waals surface area contributed by atoms with Gasteiger partial charge in [0.25, 0.3) is 0 Å². The van der Waals surface area contributed by atoms with Crippen LogP contribution < -0.4 is 5.32 Å². The Hall–Kier alpha value is -1.87. The highest BCUT2D eigenvalue weighted by atomic mass is 35.5. The van der Waals surface area contributed by atoms with Crippen LogP contribution in [0.15, 0.2) is 48.5 Å². The van der Waals surface area contributed by atoms with E-state index in [-0.39, 0.29) is 17.1 Å². The molecule has 0 spiro atoms. The molecule has 3 rings (SSSR count). The summed E-state index contributed by atoms with van der Waals surface area (Å²) >= 11 is 5.95. The van der Waals surface area contributed by atoms with Crippen molar-refractivity contribution in [1.29, 1.82) is 0 Å². The lowest BCUT2D eigenvalue weighted by Crippen LogP contribution is -2.43. The summed E-state index contributed by atoms with van der Waals surface area (Å²) in [5, 5.41) is 3.78. The fourth-order valence-electron chi connectivity index (χ4n) is 3.00. The highest BCUT2D eigenvalue weighted by molar-refractivity contribution is 6.30. The SMILES string of the molecule is CC(C)(C(=O)NCC1(c2ccc(Cl)cc2)CC1)c1cccc(F)c1. The normalized spacial score (nSPS) is 15.8. The maximum atomic E-state index is 13.5. The van der Waals surface area contributed by atoms with Crippen molar-refractivity contribution in [3.05, 3.63) is 70.5 Å². The number of hydrogen-bond acceptors (Lipinski definition) is 1. The Balaban J connectivity index is 1.70. The lowest BCUT2D eigenvalue weighted by molar-refractivity contribution is -0.125. The number of amides is 1. The van der Waals surface area contributed by atoms with E-state index in [1.54, 1.807) is 12.1 Å². The van der Waals surface area contributed by atoms with E-state index in [9.17, 15) is 9.18 Å². The minimum atomic E-state index is -0.780. The number of halogens is 2. The smallest absolute Gasteiger partial charge is 0.230 e. The Kier molecular flexibility index (Phi) is 4.39. The molecule has 1 N–H and O–H groups in total. The predicted octanol–water partition coefficient (Wildman–Crippen LogP) is 4.60. The summed E-state index contributed by atoms with van der Waals surface area (Å²) in [6.07, 6.45) is 2.10. The number of benzene rings is 2. The Bertz CT molecular complexity index is 750. The standard InChI is InChI=1S/C20H21ClFNO/c1-19(2,15-4-3-5-17(22)12-15)18(24)23-13-20(10-11-20)14-6-8-16(21)9-7-14/h3-9,12H,10-11,13H2,1-2H3,(H,23,24). The van der Waals surface area contributed by atoms with E-state index in [0.29, 0.717) is 17.1 Å². The van der Waals surface area contributed by atoms with E-state index in [2.05, 4.69) is 5.32 Å². The molecule has 2 aromatic rings. The monoisotopic (exact) mass is 345 g/mol. The van der Waals surface area contributed by atoms with Gasteiger partial charge in [0.05, 0.1) is 5.41 Å². The minimum absolute atomic E-state index is 0.0122. The Morgan fingerprint density at radius 3 is 2.46 bits per heavy atom. The van der Waals surface area contributed by atoms with E-state index in [1.165, 1.54) is 17.7 Å². The van der Waals surface area contributed by atoms with E-state index in [4.69, 9.17) is 11.6 Å². The van der Waals surface area contributed by atoms with Crippen LogP contribution in [0, 0.1) is 5.82 Å². The molecule has 126 valence electrons. The van der Waals surface area contributed by atoms with Crippen LogP contribution >= 0.6 is 11.6 Å². The van der Waals surface area contributed by atoms with Gasteiger partial charge in [-0.25, -0.2) is 4.39 Å². The molecule has 1 fully saturated rings. The number of hydrogen-bond donors (Lipinski definition) is 1. The molecule has 1 amide bonds. The van der Waals surface area contributed by atoms with Crippen molar-refractivity contribution in [2.75, 3.05) is 6.54 Å². The van der Waals surface area contributed by atoms with Crippen molar-refractivity contribution in [2.24, 2.45) is 0 Å². The van der Waals surface area contributed by atoms with Gasteiger partial charge in [-0.15, -0.1) is 0 Å². The first-order valence-corrected chi connectivity index (χ1v) is 8.52. The van der Waals surface area contributed by atoms with Crippen molar-refractivity contribution < 1.29 is 9.18 Å². The topological polar surface area (TPSA) is 29.1 Å². The number of nitrogens with one attached hydrogen (secondary N) is 1. The zero-order valence-electron chi connectivity index (χ0n) is 13.9. The van der Waals surface area contributed by atoms with E-state index in [0.717, 1.165) is 12.8 Å². The molecule has 0 aromatic heterocycles. The maximum absolute atomic E-state index is 13.5. The van der Waals surface area contributed by atoms with Gasteiger partial charge in [0.15, 0.2) is 0 Å². The van der Waals surface area contributed by atoms with Crippen molar-refractivity contribution in [3.8, 4) is 0 Å². The summed E-state index contributed by atoms with van der Waals surface area (Å²) in [4.78, 5) is 12.7. The van der Waals surface area contributed by atoms with E-state index >= 15 is 0 Å². The third kappa shape index (κ3) is 3.32. The molecule has 1 aliphatic carbocycles. The molecule has 2 aromatic carbocycles. The quantitative estimate of drug-likeness (QED) is 0.842. The predicted molar refractivity (Wildman–Crippen MR) is 94.8 cm³/mol. The second kappa shape index (κ2) is 6.21. The summed E-state index contributed by atoms with van der Waals surface area (Å²) in [5.41, 5.74) is 1.11. The molecule has 24 heavy (non-hydrogen) atoms. The molecule has 1 saturated carbocycles. The van der Waals surface area contributed by atoms with E-state index < -0.39 is 5.41 Å². The van der Waals surface area contributed by atoms with Gasteiger partial charge in [-0.2, -0.15) is 0 Å². The van der Waals surface area contributed by atoms with Crippen LogP contribution in [0.2, 0.25) is 5.02 Å². The third-order valence-corrected chi connectivity index (χ3v) is 5.26. The van der Waals surface area contributed by atoms with Crippen molar-refractivity contribution in [1.82, 2.24) is 5.32 Å². The van der Waals surface area contributed by atoms with Crippen molar-refractivity contribution in [3.63, 3.8) is 0 Å². The average Bonchev–Trinajstić information content (AvgIpc) is 3.34. The number of carbonyl (C=O) groups excluding carboxylic acids is 1. The van der Waals surface area contributed by atoms with Crippen LogP contribution in [0.3, 0.4) is 0 Å². The van der Waals surface area contributed by atoms with Gasteiger partial charge in [0.1, 0.15) is 5.82 Å². The first kappa shape index (κ1) is 17.0. The van der Waals surface area contributed by atoms with Crippen LogP contribution in [0.1, 0.15) is 37.8 Å². The Labute approximate surface area is 147 Å². The molecule has 0 unspecified atom stereocenters. The van der Waals surface area contributed by atoms with Gasteiger partial charge in [0, 0.05) is 17.0 Å². The van der Waals surface area contributed by atoms with Gasteiger partial charge in [-0.3, -0.25) is 4.79 Å².